The van der Waals surface area contributed by atoms with E-state index in [9.17, 15) is 14.9 Å². The molecule has 0 saturated heterocycles. The molecular weight excluding hydrogens is 236 g/mol. The van der Waals surface area contributed by atoms with E-state index in [0.29, 0.717) is 0 Å². The number of halogens is 1. The third-order valence-corrected chi connectivity index (χ3v) is 2.30. The van der Waals surface area contributed by atoms with E-state index in [4.69, 9.17) is 16.7 Å². The lowest BCUT2D eigenvalue weighted by atomic mass is 10.0. The highest BCUT2D eigenvalue weighted by molar-refractivity contribution is 6.30. The van der Waals surface area contributed by atoms with Crippen LogP contribution in [0.4, 0.5) is 5.69 Å². The number of nitrogens with zero attached hydrogens (tertiary/aromatic N) is 2. The molecule has 0 aliphatic heterocycles. The third kappa shape index (κ3) is 2.46. The summed E-state index contributed by atoms with van der Waals surface area (Å²) in [6, 6.07) is 1.11. The van der Waals surface area contributed by atoms with Crippen LogP contribution in [-0.2, 0) is 4.79 Å². The lowest BCUT2D eigenvalue weighted by Crippen LogP contribution is -2.14. The summed E-state index contributed by atoms with van der Waals surface area (Å²) in [5.74, 6) is -2.13. The minimum atomic E-state index is -1.14. The molecule has 0 bridgehead atoms. The van der Waals surface area contributed by atoms with E-state index in [2.05, 4.69) is 4.98 Å². The van der Waals surface area contributed by atoms with Crippen LogP contribution in [0.15, 0.2) is 12.3 Å². The fourth-order valence-corrected chi connectivity index (χ4v) is 1.49. The normalized spacial score (nSPS) is 12.1. The van der Waals surface area contributed by atoms with Crippen molar-refractivity contribution >= 4 is 23.3 Å². The van der Waals surface area contributed by atoms with Gasteiger partial charge in [0.05, 0.1) is 9.95 Å². The molecule has 0 spiro atoms. The molecule has 1 rings (SSSR count). The van der Waals surface area contributed by atoms with E-state index in [1.807, 2.05) is 0 Å². The monoisotopic (exact) mass is 244 g/mol. The minimum absolute atomic E-state index is 0.0654. The molecular formula is C9H9ClN2O4. The Hall–Kier alpha value is -1.69. The second-order valence-electron chi connectivity index (χ2n) is 3.11. The van der Waals surface area contributed by atoms with Gasteiger partial charge in [0.25, 0.3) is 5.69 Å². The number of aromatic nitrogens is 1. The maximum absolute atomic E-state index is 10.9. The zero-order valence-electron chi connectivity index (χ0n) is 8.38. The predicted molar refractivity (Wildman–Crippen MR) is 56.6 cm³/mol. The van der Waals surface area contributed by atoms with Crippen molar-refractivity contribution in [2.75, 3.05) is 0 Å². The number of aliphatic carboxylic acids is 1. The highest BCUT2D eigenvalue weighted by atomic mass is 35.5. The fourth-order valence-electron chi connectivity index (χ4n) is 1.34. The Kier molecular flexibility index (Phi) is 3.78. The summed E-state index contributed by atoms with van der Waals surface area (Å²) in [7, 11) is 0. The van der Waals surface area contributed by atoms with Crippen LogP contribution in [0.3, 0.4) is 0 Å². The Morgan fingerprint density at radius 2 is 2.38 bits per heavy atom. The Morgan fingerprint density at radius 3 is 2.81 bits per heavy atom. The molecule has 0 aliphatic carbocycles. The Labute approximate surface area is 96.0 Å². The molecule has 0 aliphatic rings. The van der Waals surface area contributed by atoms with Crippen molar-refractivity contribution in [2.24, 2.45) is 0 Å². The number of rotatable bonds is 4. The van der Waals surface area contributed by atoms with Gasteiger partial charge in [0, 0.05) is 12.3 Å². The number of hydrogen-bond donors (Lipinski definition) is 1. The van der Waals surface area contributed by atoms with Gasteiger partial charge in [-0.3, -0.25) is 19.9 Å². The summed E-state index contributed by atoms with van der Waals surface area (Å²) >= 11 is 5.57. The zero-order chi connectivity index (χ0) is 12.3. The molecule has 1 heterocycles. The molecule has 1 atom stereocenters. The highest BCUT2D eigenvalue weighted by Gasteiger charge is 2.28. The largest absolute Gasteiger partial charge is 0.481 e. The van der Waals surface area contributed by atoms with Gasteiger partial charge >= 0.3 is 5.97 Å². The molecule has 86 valence electrons. The van der Waals surface area contributed by atoms with E-state index in [-0.39, 0.29) is 22.8 Å². The average Bonchev–Trinajstić information content (AvgIpc) is 2.20. The van der Waals surface area contributed by atoms with Gasteiger partial charge in [-0.25, -0.2) is 0 Å². The van der Waals surface area contributed by atoms with Crippen molar-refractivity contribution in [3.05, 3.63) is 33.1 Å². The van der Waals surface area contributed by atoms with Gasteiger partial charge < -0.3 is 5.11 Å². The summed E-state index contributed by atoms with van der Waals surface area (Å²) in [6.45, 7) is 1.62. The van der Waals surface area contributed by atoms with Crippen molar-refractivity contribution in [2.45, 2.75) is 19.3 Å². The Balaban J connectivity index is 3.31. The maximum Gasteiger partial charge on any atom is 0.312 e. The first-order valence-electron chi connectivity index (χ1n) is 4.50. The highest BCUT2D eigenvalue weighted by Crippen LogP contribution is 2.29. The molecule has 1 unspecified atom stereocenters. The third-order valence-electron chi connectivity index (χ3n) is 2.10. The van der Waals surface area contributed by atoms with Gasteiger partial charge in [-0.05, 0) is 6.42 Å². The van der Waals surface area contributed by atoms with Crippen LogP contribution in [0.25, 0.3) is 0 Å². The molecule has 6 nitrogen and oxygen atoms in total. The van der Waals surface area contributed by atoms with Gasteiger partial charge in [0.15, 0.2) is 0 Å². The lowest BCUT2D eigenvalue weighted by Gasteiger charge is -2.09. The van der Waals surface area contributed by atoms with Gasteiger partial charge in [0.1, 0.15) is 11.6 Å². The van der Waals surface area contributed by atoms with E-state index >= 15 is 0 Å². The van der Waals surface area contributed by atoms with E-state index in [0.717, 1.165) is 6.07 Å². The molecule has 7 heteroatoms. The van der Waals surface area contributed by atoms with Crippen LogP contribution in [0.2, 0.25) is 5.02 Å². The van der Waals surface area contributed by atoms with Crippen LogP contribution >= 0.6 is 11.6 Å². The molecule has 0 radical (unpaired) electrons. The summed E-state index contributed by atoms with van der Waals surface area (Å²) in [4.78, 5) is 24.7. The average molecular weight is 245 g/mol. The quantitative estimate of drug-likeness (QED) is 0.647. The lowest BCUT2D eigenvalue weighted by molar-refractivity contribution is -0.386. The molecule has 1 aromatic rings. The van der Waals surface area contributed by atoms with Crippen molar-refractivity contribution in [1.82, 2.24) is 4.98 Å². The maximum atomic E-state index is 10.9. The van der Waals surface area contributed by atoms with Crippen LogP contribution in [0, 0.1) is 10.1 Å². The van der Waals surface area contributed by atoms with Crippen molar-refractivity contribution in [3.8, 4) is 0 Å². The first-order chi connectivity index (χ1) is 7.47. The van der Waals surface area contributed by atoms with Gasteiger partial charge in [-0.2, -0.15) is 0 Å². The second kappa shape index (κ2) is 4.89. The first-order valence-corrected chi connectivity index (χ1v) is 4.87. The standard InChI is InChI=1S/C9H9ClN2O4/c1-2-6(9(13)14)8-7(12(15)16)3-5(10)4-11-8/h3-4,6H,2H2,1H3,(H,13,14). The number of hydrogen-bond acceptors (Lipinski definition) is 4. The number of carboxylic acid groups (broad SMARTS) is 1. The SMILES string of the molecule is CCC(C(=O)O)c1ncc(Cl)cc1[N+](=O)[O-]. The van der Waals surface area contributed by atoms with Crippen molar-refractivity contribution in [1.29, 1.82) is 0 Å². The van der Waals surface area contributed by atoms with E-state index in [1.165, 1.54) is 6.20 Å². The smallest absolute Gasteiger partial charge is 0.312 e. The van der Waals surface area contributed by atoms with E-state index in [1.54, 1.807) is 6.92 Å². The van der Waals surface area contributed by atoms with Crippen molar-refractivity contribution < 1.29 is 14.8 Å². The molecule has 1 aromatic heterocycles. The first kappa shape index (κ1) is 12.4. The molecule has 0 aromatic carbocycles. The molecule has 0 fully saturated rings. The summed E-state index contributed by atoms with van der Waals surface area (Å²) in [5.41, 5.74) is -0.425. The number of carbonyl (C=O) groups is 1. The predicted octanol–water partition coefficient (Wildman–Crippen LogP) is 2.22. The second-order valence-corrected chi connectivity index (χ2v) is 3.55. The van der Waals surface area contributed by atoms with Crippen molar-refractivity contribution in [3.63, 3.8) is 0 Å². The van der Waals surface area contributed by atoms with Gasteiger partial charge in [-0.15, -0.1) is 0 Å². The topological polar surface area (TPSA) is 93.3 Å². The number of carboxylic acids is 1. The van der Waals surface area contributed by atoms with Gasteiger partial charge in [0.2, 0.25) is 0 Å². The van der Waals surface area contributed by atoms with Crippen LogP contribution in [0.5, 0.6) is 0 Å². The molecule has 0 amide bonds. The Morgan fingerprint density at radius 1 is 1.75 bits per heavy atom. The van der Waals surface area contributed by atoms with Crippen LogP contribution in [0.1, 0.15) is 25.0 Å². The molecule has 16 heavy (non-hydrogen) atoms. The van der Waals surface area contributed by atoms with Gasteiger partial charge in [-0.1, -0.05) is 18.5 Å². The Bertz CT molecular complexity index is 436. The summed E-state index contributed by atoms with van der Waals surface area (Å²) in [5, 5.41) is 19.7. The number of nitro groups is 1. The minimum Gasteiger partial charge on any atom is -0.481 e. The fraction of sp³-hybridized carbons (Fsp3) is 0.333. The van der Waals surface area contributed by atoms with E-state index < -0.39 is 16.8 Å². The van der Waals surface area contributed by atoms with Crippen LogP contribution < -0.4 is 0 Å². The van der Waals surface area contributed by atoms with Crippen LogP contribution in [-0.4, -0.2) is 21.0 Å². The molecule has 0 saturated carbocycles. The summed E-state index contributed by atoms with van der Waals surface area (Å²) in [6.07, 6.45) is 1.43. The zero-order valence-corrected chi connectivity index (χ0v) is 9.14. The summed E-state index contributed by atoms with van der Waals surface area (Å²) < 4.78 is 0. The number of pyridine rings is 1. The molecule has 1 N–H and O–H groups in total.